The van der Waals surface area contributed by atoms with Crippen molar-refractivity contribution in [2.75, 3.05) is 18.1 Å². The Labute approximate surface area is 89.8 Å². The second kappa shape index (κ2) is 5.35. The van der Waals surface area contributed by atoms with Crippen molar-refractivity contribution in [1.29, 1.82) is 0 Å². The Morgan fingerprint density at radius 1 is 1.57 bits per heavy atom. The molecule has 1 fully saturated rings. The monoisotopic (exact) mass is 220 g/mol. The minimum atomic E-state index is -0.589. The first-order valence-corrected chi connectivity index (χ1v) is 6.23. The zero-order valence-electron chi connectivity index (χ0n) is 8.90. The fourth-order valence-corrected chi connectivity index (χ4v) is 2.59. The maximum absolute atomic E-state index is 9.12. The van der Waals surface area contributed by atoms with Crippen LogP contribution in [0.5, 0.6) is 0 Å². The number of hydrogen-bond donors (Lipinski definition) is 2. The summed E-state index contributed by atoms with van der Waals surface area (Å²) in [6.45, 7) is 4.07. The van der Waals surface area contributed by atoms with Gasteiger partial charge in [0.1, 0.15) is 0 Å². The summed E-state index contributed by atoms with van der Waals surface area (Å²) < 4.78 is 5.80. The molecule has 0 spiro atoms. The molecule has 0 amide bonds. The average Bonchev–Trinajstić information content (AvgIpc) is 2.45. The highest BCUT2D eigenvalue weighted by Crippen LogP contribution is 2.30. The summed E-state index contributed by atoms with van der Waals surface area (Å²) in [5, 5.41) is 17.7. The van der Waals surface area contributed by atoms with Gasteiger partial charge in [0.05, 0.1) is 24.4 Å². The predicted molar refractivity (Wildman–Crippen MR) is 58.6 cm³/mol. The minimum Gasteiger partial charge on any atom is -0.394 e. The topological polar surface area (TPSA) is 49.7 Å². The van der Waals surface area contributed by atoms with E-state index in [2.05, 4.69) is 13.8 Å². The van der Waals surface area contributed by atoms with Gasteiger partial charge in [-0.2, -0.15) is 11.8 Å². The van der Waals surface area contributed by atoms with Crippen molar-refractivity contribution >= 4 is 11.8 Å². The SMILES string of the molecule is CC1(C)CCC(CSCC(O)CO)O1. The molecule has 84 valence electrons. The Balaban J connectivity index is 2.09. The normalized spacial score (nSPS) is 27.9. The van der Waals surface area contributed by atoms with Crippen molar-refractivity contribution in [3.8, 4) is 0 Å². The second-order valence-electron chi connectivity index (χ2n) is 4.41. The Morgan fingerprint density at radius 3 is 2.79 bits per heavy atom. The molecule has 0 aromatic rings. The molecule has 14 heavy (non-hydrogen) atoms. The van der Waals surface area contributed by atoms with Crippen LogP contribution in [0, 0.1) is 0 Å². The Morgan fingerprint density at radius 2 is 2.29 bits per heavy atom. The summed E-state index contributed by atoms with van der Waals surface area (Å²) in [6, 6.07) is 0. The molecule has 1 aliphatic rings. The molecule has 1 aliphatic heterocycles. The lowest BCUT2D eigenvalue weighted by molar-refractivity contribution is -0.00471. The van der Waals surface area contributed by atoms with Gasteiger partial charge >= 0.3 is 0 Å². The van der Waals surface area contributed by atoms with Gasteiger partial charge in [0.25, 0.3) is 0 Å². The standard InChI is InChI=1S/C10H20O3S/c1-10(2)4-3-9(13-10)7-14-6-8(12)5-11/h8-9,11-12H,3-7H2,1-2H3. The third kappa shape index (κ3) is 4.17. The molecule has 3 nitrogen and oxygen atoms in total. The molecule has 1 heterocycles. The zero-order chi connectivity index (χ0) is 10.6. The van der Waals surface area contributed by atoms with Crippen molar-refractivity contribution in [3.05, 3.63) is 0 Å². The van der Waals surface area contributed by atoms with Gasteiger partial charge in [-0.25, -0.2) is 0 Å². The van der Waals surface area contributed by atoms with E-state index >= 15 is 0 Å². The van der Waals surface area contributed by atoms with Crippen LogP contribution in [0.15, 0.2) is 0 Å². The summed E-state index contributed by atoms with van der Waals surface area (Å²) in [5.41, 5.74) is 0.0286. The van der Waals surface area contributed by atoms with Crippen LogP contribution in [0.25, 0.3) is 0 Å². The fourth-order valence-electron chi connectivity index (χ4n) is 1.58. The van der Waals surface area contributed by atoms with Gasteiger partial charge < -0.3 is 14.9 Å². The second-order valence-corrected chi connectivity index (χ2v) is 5.49. The molecule has 1 saturated heterocycles. The van der Waals surface area contributed by atoms with E-state index in [9.17, 15) is 0 Å². The summed E-state index contributed by atoms with van der Waals surface area (Å²) in [7, 11) is 0. The number of thioether (sulfide) groups is 1. The molecule has 0 aliphatic carbocycles. The molecule has 2 N–H and O–H groups in total. The first-order valence-electron chi connectivity index (χ1n) is 5.08. The van der Waals surface area contributed by atoms with Gasteiger partial charge in [0, 0.05) is 11.5 Å². The average molecular weight is 220 g/mol. The molecule has 2 unspecified atom stereocenters. The van der Waals surface area contributed by atoms with Crippen molar-refractivity contribution in [2.24, 2.45) is 0 Å². The van der Waals surface area contributed by atoms with E-state index in [1.807, 2.05) is 0 Å². The Hall–Kier alpha value is 0.230. The van der Waals surface area contributed by atoms with Gasteiger partial charge in [-0.15, -0.1) is 0 Å². The lowest BCUT2D eigenvalue weighted by atomic mass is 10.1. The third-order valence-corrected chi connectivity index (χ3v) is 3.61. The summed E-state index contributed by atoms with van der Waals surface area (Å²) in [6.07, 6.45) is 1.95. The maximum atomic E-state index is 9.12. The van der Waals surface area contributed by atoms with Crippen LogP contribution < -0.4 is 0 Å². The van der Waals surface area contributed by atoms with Crippen LogP contribution in [-0.4, -0.2) is 46.1 Å². The number of rotatable bonds is 5. The van der Waals surface area contributed by atoms with Gasteiger partial charge in [-0.1, -0.05) is 0 Å². The maximum Gasteiger partial charge on any atom is 0.0861 e. The number of ether oxygens (including phenoxy) is 1. The smallest absolute Gasteiger partial charge is 0.0861 e. The van der Waals surface area contributed by atoms with Crippen molar-refractivity contribution in [3.63, 3.8) is 0 Å². The van der Waals surface area contributed by atoms with E-state index in [-0.39, 0.29) is 12.2 Å². The van der Waals surface area contributed by atoms with Crippen LogP contribution in [0.3, 0.4) is 0 Å². The molecular weight excluding hydrogens is 200 g/mol. The lowest BCUT2D eigenvalue weighted by Gasteiger charge is -2.19. The van der Waals surface area contributed by atoms with Crippen LogP contribution >= 0.6 is 11.8 Å². The predicted octanol–water partition coefficient (Wildman–Crippen LogP) is 1.03. The Bertz CT molecular complexity index is 173. The first-order chi connectivity index (χ1) is 6.53. The van der Waals surface area contributed by atoms with Crippen molar-refractivity contribution < 1.29 is 14.9 Å². The molecule has 0 radical (unpaired) electrons. The minimum absolute atomic E-state index is 0.0286. The molecule has 2 atom stereocenters. The van der Waals surface area contributed by atoms with Crippen LogP contribution in [0.1, 0.15) is 26.7 Å². The van der Waals surface area contributed by atoms with Gasteiger partial charge in [-0.3, -0.25) is 0 Å². The van der Waals surface area contributed by atoms with E-state index in [1.54, 1.807) is 11.8 Å². The largest absolute Gasteiger partial charge is 0.394 e. The fraction of sp³-hybridized carbons (Fsp3) is 1.00. The number of hydrogen-bond acceptors (Lipinski definition) is 4. The summed E-state index contributed by atoms with van der Waals surface area (Å²) >= 11 is 1.65. The molecule has 1 rings (SSSR count). The molecule has 0 aromatic carbocycles. The molecule has 0 saturated carbocycles. The lowest BCUT2D eigenvalue weighted by Crippen LogP contribution is -2.22. The summed E-state index contributed by atoms with van der Waals surface area (Å²) in [5.74, 6) is 1.51. The quantitative estimate of drug-likeness (QED) is 0.726. The molecule has 4 heteroatoms. The summed E-state index contributed by atoms with van der Waals surface area (Å²) in [4.78, 5) is 0. The van der Waals surface area contributed by atoms with Crippen molar-refractivity contribution in [2.45, 2.75) is 44.5 Å². The Kier molecular flexibility index (Phi) is 4.70. The van der Waals surface area contributed by atoms with Gasteiger partial charge in [0.2, 0.25) is 0 Å². The molecular formula is C10H20O3S. The van der Waals surface area contributed by atoms with Gasteiger partial charge in [0.15, 0.2) is 0 Å². The number of aliphatic hydroxyl groups is 2. The van der Waals surface area contributed by atoms with Crippen LogP contribution in [-0.2, 0) is 4.74 Å². The highest BCUT2D eigenvalue weighted by Gasteiger charge is 2.31. The third-order valence-electron chi connectivity index (χ3n) is 2.38. The van der Waals surface area contributed by atoms with E-state index in [0.29, 0.717) is 11.9 Å². The van der Waals surface area contributed by atoms with Crippen LogP contribution in [0.2, 0.25) is 0 Å². The molecule has 0 aromatic heterocycles. The van der Waals surface area contributed by atoms with E-state index < -0.39 is 6.10 Å². The van der Waals surface area contributed by atoms with Gasteiger partial charge in [-0.05, 0) is 26.7 Å². The zero-order valence-corrected chi connectivity index (χ0v) is 9.72. The van der Waals surface area contributed by atoms with E-state index in [0.717, 1.165) is 18.6 Å². The molecule has 0 bridgehead atoms. The highest BCUT2D eigenvalue weighted by molar-refractivity contribution is 7.99. The highest BCUT2D eigenvalue weighted by atomic mass is 32.2. The van der Waals surface area contributed by atoms with Crippen molar-refractivity contribution in [1.82, 2.24) is 0 Å². The van der Waals surface area contributed by atoms with E-state index in [4.69, 9.17) is 14.9 Å². The number of aliphatic hydroxyl groups excluding tert-OH is 2. The first kappa shape index (κ1) is 12.3. The van der Waals surface area contributed by atoms with Crippen LogP contribution in [0.4, 0.5) is 0 Å². The van der Waals surface area contributed by atoms with E-state index in [1.165, 1.54) is 0 Å².